The number of hydrogen-bond acceptors (Lipinski definition) is 3. The van der Waals surface area contributed by atoms with Crippen molar-refractivity contribution in [2.75, 3.05) is 6.54 Å². The molecule has 21 heavy (non-hydrogen) atoms. The van der Waals surface area contributed by atoms with Gasteiger partial charge in [0.05, 0.1) is 5.69 Å². The van der Waals surface area contributed by atoms with Crippen LogP contribution in [0.1, 0.15) is 25.8 Å². The SMILES string of the molecule is CC(C)NCCC(=O)NCc1ccccc1-n1cccn1. The summed E-state index contributed by atoms with van der Waals surface area (Å²) in [4.78, 5) is 11.8. The second-order valence-corrected chi connectivity index (χ2v) is 5.21. The van der Waals surface area contributed by atoms with E-state index in [0.29, 0.717) is 25.6 Å². The molecule has 0 unspecified atom stereocenters. The fourth-order valence-corrected chi connectivity index (χ4v) is 2.05. The molecule has 2 rings (SSSR count). The van der Waals surface area contributed by atoms with E-state index in [9.17, 15) is 4.79 Å². The third-order valence-electron chi connectivity index (χ3n) is 3.12. The quantitative estimate of drug-likeness (QED) is 0.817. The Morgan fingerprint density at radius 2 is 2.10 bits per heavy atom. The highest BCUT2D eigenvalue weighted by molar-refractivity contribution is 5.76. The monoisotopic (exact) mass is 286 g/mol. The van der Waals surface area contributed by atoms with Gasteiger partial charge in [-0.15, -0.1) is 0 Å². The summed E-state index contributed by atoms with van der Waals surface area (Å²) in [6.45, 7) is 5.34. The van der Waals surface area contributed by atoms with Crippen LogP contribution < -0.4 is 10.6 Å². The van der Waals surface area contributed by atoms with Crippen molar-refractivity contribution in [1.82, 2.24) is 20.4 Å². The Bertz CT molecular complexity index is 563. The molecule has 1 aromatic carbocycles. The topological polar surface area (TPSA) is 59.0 Å². The van der Waals surface area contributed by atoms with Crippen molar-refractivity contribution in [2.24, 2.45) is 0 Å². The summed E-state index contributed by atoms with van der Waals surface area (Å²) in [5.74, 6) is 0.0541. The molecular formula is C16H22N4O. The molecule has 0 atom stereocenters. The van der Waals surface area contributed by atoms with Gasteiger partial charge in [-0.3, -0.25) is 4.79 Å². The number of nitrogens with one attached hydrogen (secondary N) is 2. The van der Waals surface area contributed by atoms with Crippen LogP contribution >= 0.6 is 0 Å². The molecule has 0 saturated heterocycles. The van der Waals surface area contributed by atoms with Gasteiger partial charge in [0.2, 0.25) is 5.91 Å². The summed E-state index contributed by atoms with van der Waals surface area (Å²) >= 11 is 0. The largest absolute Gasteiger partial charge is 0.352 e. The first kappa shape index (κ1) is 15.3. The van der Waals surface area contributed by atoms with Crippen molar-refractivity contribution in [3.8, 4) is 5.69 Å². The number of para-hydroxylation sites is 1. The molecule has 2 aromatic rings. The third kappa shape index (κ3) is 4.72. The van der Waals surface area contributed by atoms with E-state index in [-0.39, 0.29) is 5.91 Å². The van der Waals surface area contributed by atoms with Crippen LogP contribution in [0.5, 0.6) is 0 Å². The second kappa shape index (κ2) is 7.59. The van der Waals surface area contributed by atoms with E-state index in [1.165, 1.54) is 0 Å². The van der Waals surface area contributed by atoms with Gasteiger partial charge in [0.25, 0.3) is 0 Å². The van der Waals surface area contributed by atoms with Gasteiger partial charge in [0, 0.05) is 37.9 Å². The average Bonchev–Trinajstić information content (AvgIpc) is 2.99. The number of amides is 1. The molecular weight excluding hydrogens is 264 g/mol. The molecule has 0 saturated carbocycles. The molecule has 0 radical (unpaired) electrons. The van der Waals surface area contributed by atoms with Crippen molar-refractivity contribution < 1.29 is 4.79 Å². The number of hydrogen-bond donors (Lipinski definition) is 2. The van der Waals surface area contributed by atoms with Crippen LogP contribution in [0.15, 0.2) is 42.7 Å². The predicted octanol–water partition coefficient (Wildman–Crippen LogP) is 1.88. The summed E-state index contributed by atoms with van der Waals surface area (Å²) in [6.07, 6.45) is 4.13. The predicted molar refractivity (Wildman–Crippen MR) is 83.2 cm³/mol. The van der Waals surface area contributed by atoms with Crippen molar-refractivity contribution in [1.29, 1.82) is 0 Å². The number of carbonyl (C=O) groups excluding carboxylic acids is 1. The first-order valence-corrected chi connectivity index (χ1v) is 7.25. The highest BCUT2D eigenvalue weighted by Gasteiger charge is 2.06. The molecule has 1 heterocycles. The van der Waals surface area contributed by atoms with Gasteiger partial charge in [0.15, 0.2) is 0 Å². The summed E-state index contributed by atoms with van der Waals surface area (Å²) in [5.41, 5.74) is 2.04. The van der Waals surface area contributed by atoms with Gasteiger partial charge in [0.1, 0.15) is 0 Å². The van der Waals surface area contributed by atoms with Crippen LogP contribution in [0, 0.1) is 0 Å². The van der Waals surface area contributed by atoms with Crippen molar-refractivity contribution in [2.45, 2.75) is 32.9 Å². The lowest BCUT2D eigenvalue weighted by Crippen LogP contribution is -2.30. The van der Waals surface area contributed by atoms with Gasteiger partial charge < -0.3 is 10.6 Å². The molecule has 5 nitrogen and oxygen atoms in total. The molecule has 0 aliphatic rings. The highest BCUT2D eigenvalue weighted by atomic mass is 16.1. The number of carbonyl (C=O) groups is 1. The lowest BCUT2D eigenvalue weighted by molar-refractivity contribution is -0.121. The van der Waals surface area contributed by atoms with Gasteiger partial charge in [-0.1, -0.05) is 32.0 Å². The summed E-state index contributed by atoms with van der Waals surface area (Å²) in [7, 11) is 0. The lowest BCUT2D eigenvalue weighted by atomic mass is 10.1. The maximum atomic E-state index is 11.8. The Labute approximate surface area is 125 Å². The Morgan fingerprint density at radius 1 is 1.29 bits per heavy atom. The van der Waals surface area contributed by atoms with Gasteiger partial charge in [-0.25, -0.2) is 4.68 Å². The normalized spacial score (nSPS) is 10.8. The van der Waals surface area contributed by atoms with Crippen LogP contribution in [0.4, 0.5) is 0 Å². The highest BCUT2D eigenvalue weighted by Crippen LogP contribution is 2.13. The van der Waals surface area contributed by atoms with Crippen molar-refractivity contribution >= 4 is 5.91 Å². The van der Waals surface area contributed by atoms with E-state index in [0.717, 1.165) is 11.3 Å². The summed E-state index contributed by atoms with van der Waals surface area (Å²) < 4.78 is 1.81. The van der Waals surface area contributed by atoms with Gasteiger partial charge in [-0.2, -0.15) is 5.10 Å². The number of aromatic nitrogens is 2. The zero-order valence-electron chi connectivity index (χ0n) is 12.5. The van der Waals surface area contributed by atoms with Crippen LogP contribution in [0.25, 0.3) is 5.69 Å². The van der Waals surface area contributed by atoms with Crippen LogP contribution in [0.2, 0.25) is 0 Å². The minimum absolute atomic E-state index is 0.0541. The standard InChI is InChI=1S/C16H22N4O/c1-13(2)17-10-8-16(21)18-12-14-6-3-4-7-15(14)20-11-5-9-19-20/h3-7,9,11,13,17H,8,10,12H2,1-2H3,(H,18,21). The van der Waals surface area contributed by atoms with Crippen molar-refractivity contribution in [3.05, 3.63) is 48.3 Å². The molecule has 0 bridgehead atoms. The zero-order chi connectivity index (χ0) is 15.1. The molecule has 2 N–H and O–H groups in total. The third-order valence-corrected chi connectivity index (χ3v) is 3.12. The first-order chi connectivity index (χ1) is 10.2. The Morgan fingerprint density at radius 3 is 2.81 bits per heavy atom. The van der Waals surface area contributed by atoms with Crippen LogP contribution in [0.3, 0.4) is 0 Å². The molecule has 0 aliphatic carbocycles. The number of nitrogens with zero attached hydrogens (tertiary/aromatic N) is 2. The molecule has 112 valence electrons. The van der Waals surface area contributed by atoms with Gasteiger partial charge in [-0.05, 0) is 17.7 Å². The van der Waals surface area contributed by atoms with E-state index in [2.05, 4.69) is 29.6 Å². The number of benzene rings is 1. The Balaban J connectivity index is 1.90. The van der Waals surface area contributed by atoms with E-state index in [1.807, 2.05) is 41.2 Å². The molecule has 1 amide bonds. The zero-order valence-corrected chi connectivity index (χ0v) is 12.5. The van der Waals surface area contributed by atoms with Gasteiger partial charge >= 0.3 is 0 Å². The minimum atomic E-state index is 0.0541. The van der Waals surface area contributed by atoms with Crippen LogP contribution in [-0.4, -0.2) is 28.3 Å². The molecule has 0 aliphatic heterocycles. The van der Waals surface area contributed by atoms with E-state index >= 15 is 0 Å². The van der Waals surface area contributed by atoms with E-state index in [1.54, 1.807) is 6.20 Å². The molecule has 5 heteroatoms. The summed E-state index contributed by atoms with van der Waals surface area (Å²) in [6, 6.07) is 10.2. The maximum absolute atomic E-state index is 11.8. The average molecular weight is 286 g/mol. The molecule has 1 aromatic heterocycles. The van der Waals surface area contributed by atoms with Crippen molar-refractivity contribution in [3.63, 3.8) is 0 Å². The van der Waals surface area contributed by atoms with E-state index < -0.39 is 0 Å². The fraction of sp³-hybridized carbons (Fsp3) is 0.375. The maximum Gasteiger partial charge on any atom is 0.221 e. The smallest absolute Gasteiger partial charge is 0.221 e. The Kier molecular flexibility index (Phi) is 5.51. The second-order valence-electron chi connectivity index (χ2n) is 5.21. The minimum Gasteiger partial charge on any atom is -0.352 e. The molecule has 0 fully saturated rings. The first-order valence-electron chi connectivity index (χ1n) is 7.25. The lowest BCUT2D eigenvalue weighted by Gasteiger charge is -2.11. The fourth-order valence-electron chi connectivity index (χ4n) is 2.05. The molecule has 0 spiro atoms. The summed E-state index contributed by atoms with van der Waals surface area (Å²) in [5, 5.41) is 10.4. The van der Waals surface area contributed by atoms with Crippen LogP contribution in [-0.2, 0) is 11.3 Å². The number of rotatable bonds is 7. The van der Waals surface area contributed by atoms with E-state index in [4.69, 9.17) is 0 Å². The Hall–Kier alpha value is -2.14.